The molecule has 148 valence electrons. The molecule has 0 aliphatic carbocycles. The molecule has 2 aliphatic rings. The second-order valence-corrected chi connectivity index (χ2v) is 7.12. The summed E-state index contributed by atoms with van der Waals surface area (Å²) in [4.78, 5) is 32.6. The van der Waals surface area contributed by atoms with Crippen molar-refractivity contribution >= 4 is 11.8 Å². The highest BCUT2D eigenvalue weighted by atomic mass is 16.5. The van der Waals surface area contributed by atoms with Crippen LogP contribution in [0.4, 0.5) is 4.79 Å². The van der Waals surface area contributed by atoms with Crippen LogP contribution in [-0.4, -0.2) is 79.1 Å². The van der Waals surface area contributed by atoms with Crippen molar-refractivity contribution in [1.29, 1.82) is 0 Å². The van der Waals surface area contributed by atoms with Gasteiger partial charge in [0.15, 0.2) is 5.78 Å². The van der Waals surface area contributed by atoms with Crippen LogP contribution < -0.4 is 10.5 Å². The Morgan fingerprint density at radius 3 is 2.70 bits per heavy atom. The lowest BCUT2D eigenvalue weighted by Crippen LogP contribution is -2.50. The van der Waals surface area contributed by atoms with E-state index in [1.807, 2.05) is 17.2 Å². The second-order valence-electron chi connectivity index (χ2n) is 7.12. The van der Waals surface area contributed by atoms with Crippen molar-refractivity contribution in [2.75, 3.05) is 46.4 Å². The summed E-state index contributed by atoms with van der Waals surface area (Å²) in [5.74, 6) is 1.03. The van der Waals surface area contributed by atoms with Crippen LogP contribution in [0.2, 0.25) is 0 Å². The molecule has 0 bridgehead atoms. The van der Waals surface area contributed by atoms with Crippen molar-refractivity contribution in [1.82, 2.24) is 14.8 Å². The number of rotatable bonds is 3. The van der Waals surface area contributed by atoms with Crippen LogP contribution in [-0.2, 0) is 9.53 Å². The van der Waals surface area contributed by atoms with E-state index in [4.69, 9.17) is 15.2 Å². The van der Waals surface area contributed by atoms with Crippen molar-refractivity contribution in [2.24, 2.45) is 5.73 Å². The number of carbonyl (C=O) groups is 2. The largest absolute Gasteiger partial charge is 0.495 e. The number of nitrogens with two attached hydrogens (primary N) is 1. The Hall–Kier alpha value is -2.19. The van der Waals surface area contributed by atoms with Gasteiger partial charge in [0.1, 0.15) is 12.4 Å². The number of ether oxygens (including phenoxy) is 2. The monoisotopic (exact) mass is 376 g/mol. The lowest BCUT2D eigenvalue weighted by Gasteiger charge is -2.36. The third-order valence-electron chi connectivity index (χ3n) is 5.31. The molecule has 0 radical (unpaired) electrons. The fourth-order valence-corrected chi connectivity index (χ4v) is 3.66. The highest BCUT2D eigenvalue weighted by Crippen LogP contribution is 2.29. The van der Waals surface area contributed by atoms with E-state index in [9.17, 15) is 9.59 Å². The van der Waals surface area contributed by atoms with E-state index in [0.29, 0.717) is 38.5 Å². The van der Waals surface area contributed by atoms with Crippen molar-refractivity contribution in [3.05, 3.63) is 24.0 Å². The minimum absolute atomic E-state index is 0.0244. The van der Waals surface area contributed by atoms with E-state index in [1.54, 1.807) is 18.2 Å². The maximum Gasteiger partial charge on any atom is 0.320 e. The van der Waals surface area contributed by atoms with Gasteiger partial charge in [-0.1, -0.05) is 0 Å². The van der Waals surface area contributed by atoms with Crippen molar-refractivity contribution in [2.45, 2.75) is 31.3 Å². The summed E-state index contributed by atoms with van der Waals surface area (Å²) in [6.45, 7) is 2.32. The van der Waals surface area contributed by atoms with Crippen LogP contribution in [0.1, 0.15) is 30.7 Å². The Morgan fingerprint density at radius 1 is 1.26 bits per heavy atom. The Balaban J connectivity index is 1.57. The summed E-state index contributed by atoms with van der Waals surface area (Å²) >= 11 is 0. The third-order valence-corrected chi connectivity index (χ3v) is 5.31. The first-order chi connectivity index (χ1) is 13.1. The van der Waals surface area contributed by atoms with Gasteiger partial charge in [0.2, 0.25) is 0 Å². The number of pyridine rings is 1. The van der Waals surface area contributed by atoms with Crippen LogP contribution >= 0.6 is 0 Å². The van der Waals surface area contributed by atoms with Gasteiger partial charge < -0.3 is 25.0 Å². The molecule has 1 aromatic heterocycles. The number of piperidine rings is 1. The van der Waals surface area contributed by atoms with Gasteiger partial charge in [-0.2, -0.15) is 0 Å². The summed E-state index contributed by atoms with van der Waals surface area (Å²) in [6.07, 6.45) is 5.79. The molecule has 8 heteroatoms. The highest BCUT2D eigenvalue weighted by molar-refractivity contribution is 5.86. The van der Waals surface area contributed by atoms with Gasteiger partial charge in [-0.3, -0.25) is 9.78 Å². The molecular formula is C19H28N4O4. The van der Waals surface area contributed by atoms with Crippen LogP contribution in [0, 0.1) is 0 Å². The van der Waals surface area contributed by atoms with Crippen LogP contribution in [0.3, 0.4) is 0 Å². The normalized spacial score (nSPS) is 22.3. The molecule has 3 rings (SSSR count). The summed E-state index contributed by atoms with van der Waals surface area (Å²) in [5, 5.41) is 0. The quantitative estimate of drug-likeness (QED) is 0.845. The average Bonchev–Trinajstić information content (AvgIpc) is 2.70. The molecular weight excluding hydrogens is 348 g/mol. The molecule has 8 nitrogen and oxygen atoms in total. The van der Waals surface area contributed by atoms with Crippen LogP contribution in [0.5, 0.6) is 5.75 Å². The standard InChI is InChI=1S/C19H28N4O4/c1-26-18-8-15(10-21-11-18)14-2-5-22(6-3-14)19(25)23-7-4-17(9-20)27-13-16(24)12-23/h8,10-11,14,17H,2-7,9,12-13,20H2,1H3/t17-/m0/s1. The summed E-state index contributed by atoms with van der Waals surface area (Å²) < 4.78 is 10.7. The zero-order chi connectivity index (χ0) is 19.2. The van der Waals surface area contributed by atoms with Gasteiger partial charge in [-0.05, 0) is 36.8 Å². The van der Waals surface area contributed by atoms with Crippen LogP contribution in [0.15, 0.2) is 18.5 Å². The molecule has 2 amide bonds. The molecule has 2 aliphatic heterocycles. The first-order valence-corrected chi connectivity index (χ1v) is 9.47. The second kappa shape index (κ2) is 9.14. The minimum atomic E-state index is -0.171. The summed E-state index contributed by atoms with van der Waals surface area (Å²) in [5.41, 5.74) is 6.80. The molecule has 1 aromatic rings. The number of urea groups is 1. The fourth-order valence-electron chi connectivity index (χ4n) is 3.66. The van der Waals surface area contributed by atoms with Gasteiger partial charge in [-0.15, -0.1) is 0 Å². The predicted octanol–water partition coefficient (Wildman–Crippen LogP) is 1.01. The SMILES string of the molecule is COc1cncc(C2CCN(C(=O)N3CC[C@@H](CN)OCC(=O)C3)CC2)c1. The predicted molar refractivity (Wildman–Crippen MR) is 99.7 cm³/mol. The average molecular weight is 376 g/mol. The van der Waals surface area contributed by atoms with Gasteiger partial charge >= 0.3 is 6.03 Å². The summed E-state index contributed by atoms with van der Waals surface area (Å²) in [7, 11) is 1.63. The maximum atomic E-state index is 12.9. The number of nitrogens with zero attached hydrogens (tertiary/aromatic N) is 3. The van der Waals surface area contributed by atoms with Crippen molar-refractivity contribution in [3.8, 4) is 5.75 Å². The first-order valence-electron chi connectivity index (χ1n) is 9.47. The number of hydrogen-bond acceptors (Lipinski definition) is 6. The van der Waals surface area contributed by atoms with Gasteiger partial charge in [-0.25, -0.2) is 4.79 Å². The fraction of sp³-hybridized carbons (Fsp3) is 0.632. The molecule has 3 heterocycles. The van der Waals surface area contributed by atoms with Gasteiger partial charge in [0.25, 0.3) is 0 Å². The van der Waals surface area contributed by atoms with Gasteiger partial charge in [0.05, 0.1) is 26.0 Å². The Bertz CT molecular complexity index is 661. The molecule has 0 unspecified atom stereocenters. The molecule has 0 saturated carbocycles. The number of amides is 2. The Kier molecular flexibility index (Phi) is 6.63. The van der Waals surface area contributed by atoms with Crippen molar-refractivity contribution in [3.63, 3.8) is 0 Å². The number of carbonyl (C=O) groups excluding carboxylic acids is 2. The topological polar surface area (TPSA) is 98.0 Å². The molecule has 0 spiro atoms. The molecule has 2 saturated heterocycles. The number of ketones is 1. The van der Waals surface area contributed by atoms with Crippen molar-refractivity contribution < 1.29 is 19.1 Å². The highest BCUT2D eigenvalue weighted by Gasteiger charge is 2.29. The number of hydrogen-bond donors (Lipinski definition) is 1. The number of Topliss-reactive ketones (excluding diaryl/α,β-unsaturated/α-hetero) is 1. The molecule has 0 aromatic carbocycles. The lowest BCUT2D eigenvalue weighted by molar-refractivity contribution is -0.128. The van der Waals surface area contributed by atoms with E-state index in [2.05, 4.69) is 4.98 Å². The number of aromatic nitrogens is 1. The van der Waals surface area contributed by atoms with E-state index in [0.717, 1.165) is 24.2 Å². The molecule has 27 heavy (non-hydrogen) atoms. The molecule has 2 N–H and O–H groups in total. The molecule has 1 atom stereocenters. The number of methoxy groups -OCH3 is 1. The Morgan fingerprint density at radius 2 is 2.00 bits per heavy atom. The smallest absolute Gasteiger partial charge is 0.320 e. The maximum absolute atomic E-state index is 12.9. The lowest BCUT2D eigenvalue weighted by atomic mass is 9.90. The van der Waals surface area contributed by atoms with Gasteiger partial charge in [0, 0.05) is 32.4 Å². The first kappa shape index (κ1) is 19.6. The van der Waals surface area contributed by atoms with Crippen LogP contribution in [0.25, 0.3) is 0 Å². The molecule has 2 fully saturated rings. The van der Waals surface area contributed by atoms with E-state index in [-0.39, 0.29) is 31.1 Å². The zero-order valence-corrected chi connectivity index (χ0v) is 15.8. The van der Waals surface area contributed by atoms with E-state index < -0.39 is 0 Å². The summed E-state index contributed by atoms with van der Waals surface area (Å²) in [6, 6.07) is 1.95. The minimum Gasteiger partial charge on any atom is -0.495 e. The van der Waals surface area contributed by atoms with E-state index >= 15 is 0 Å². The van der Waals surface area contributed by atoms with E-state index in [1.165, 1.54) is 0 Å². The number of likely N-dealkylation sites (tertiary alicyclic amines) is 1. The third kappa shape index (κ3) is 4.95. The Labute approximate surface area is 159 Å². The zero-order valence-electron chi connectivity index (χ0n) is 15.8.